The lowest BCUT2D eigenvalue weighted by atomic mass is 10.1. The third kappa shape index (κ3) is 3.55. The maximum atomic E-state index is 12.9. The number of hydrogen-bond acceptors (Lipinski definition) is 1. The molecule has 0 aliphatic rings. The van der Waals surface area contributed by atoms with Crippen molar-refractivity contribution in [1.82, 2.24) is 0 Å². The Morgan fingerprint density at radius 2 is 1.50 bits per heavy atom. The lowest BCUT2D eigenvalue weighted by Crippen LogP contribution is -2.12. The van der Waals surface area contributed by atoms with Crippen molar-refractivity contribution in [3.8, 4) is 0 Å². The molecular formula is C14H10Br2F3N. The Bertz CT molecular complexity index is 591. The largest absolute Gasteiger partial charge is 0.416 e. The van der Waals surface area contributed by atoms with Gasteiger partial charge in [-0.15, -0.1) is 0 Å². The fraction of sp³-hybridized carbons (Fsp3) is 0.143. The van der Waals surface area contributed by atoms with Gasteiger partial charge in [-0.2, -0.15) is 13.2 Å². The fourth-order valence-electron chi connectivity index (χ4n) is 1.80. The van der Waals surface area contributed by atoms with Crippen LogP contribution in [0.2, 0.25) is 0 Å². The molecule has 0 spiro atoms. The number of hydrogen-bond donors (Lipinski definition) is 1. The van der Waals surface area contributed by atoms with Gasteiger partial charge in [-0.25, -0.2) is 0 Å². The zero-order valence-electron chi connectivity index (χ0n) is 10.1. The van der Waals surface area contributed by atoms with Gasteiger partial charge in [0.1, 0.15) is 0 Å². The Hall–Kier alpha value is -1.01. The zero-order chi connectivity index (χ0) is 14.8. The second kappa shape index (κ2) is 6.18. The van der Waals surface area contributed by atoms with E-state index in [9.17, 15) is 13.2 Å². The smallest absolute Gasteiger partial charge is 0.379 e. The van der Waals surface area contributed by atoms with Gasteiger partial charge in [0.25, 0.3) is 0 Å². The first-order valence-electron chi connectivity index (χ1n) is 5.72. The molecule has 2 aromatic carbocycles. The fourth-order valence-corrected chi connectivity index (χ4v) is 3.08. The summed E-state index contributed by atoms with van der Waals surface area (Å²) in [5.74, 6) is 0. The first-order chi connectivity index (χ1) is 9.39. The van der Waals surface area contributed by atoms with E-state index in [4.69, 9.17) is 0 Å². The maximum Gasteiger partial charge on any atom is 0.416 e. The topological polar surface area (TPSA) is 12.0 Å². The highest BCUT2D eigenvalue weighted by Crippen LogP contribution is 2.34. The number of rotatable bonds is 3. The van der Waals surface area contributed by atoms with Crippen molar-refractivity contribution in [2.24, 2.45) is 0 Å². The Balaban J connectivity index is 2.24. The molecular weight excluding hydrogens is 399 g/mol. The number of anilines is 1. The molecule has 0 fully saturated rings. The summed E-state index contributed by atoms with van der Waals surface area (Å²) in [5, 5.41) is 3.02. The van der Waals surface area contributed by atoms with Crippen LogP contribution in [-0.4, -0.2) is 0 Å². The minimum Gasteiger partial charge on any atom is -0.379 e. The van der Waals surface area contributed by atoms with E-state index in [0.717, 1.165) is 20.7 Å². The average Bonchev–Trinajstić information content (AvgIpc) is 2.37. The van der Waals surface area contributed by atoms with E-state index in [0.29, 0.717) is 0 Å². The summed E-state index contributed by atoms with van der Waals surface area (Å²) in [6.45, 7) is 0.0941. The van der Waals surface area contributed by atoms with Gasteiger partial charge < -0.3 is 5.32 Å². The molecule has 1 N–H and O–H groups in total. The van der Waals surface area contributed by atoms with Crippen molar-refractivity contribution >= 4 is 37.5 Å². The first-order valence-corrected chi connectivity index (χ1v) is 7.31. The van der Waals surface area contributed by atoms with Gasteiger partial charge >= 0.3 is 6.18 Å². The molecule has 0 amide bonds. The predicted octanol–water partition coefficient (Wildman–Crippen LogP) is 5.84. The standard InChI is InChI=1S/C14H10Br2F3N/c15-11-6-3-7-12(16)13(11)20-8-9-4-1-2-5-10(9)14(17,18)19/h1-7,20H,8H2. The van der Waals surface area contributed by atoms with Gasteiger partial charge in [0.15, 0.2) is 0 Å². The van der Waals surface area contributed by atoms with Crippen LogP contribution in [0, 0.1) is 0 Å². The van der Waals surface area contributed by atoms with Crippen LogP contribution < -0.4 is 5.32 Å². The summed E-state index contributed by atoms with van der Waals surface area (Å²) in [6, 6.07) is 11.0. The van der Waals surface area contributed by atoms with E-state index < -0.39 is 11.7 Å². The zero-order valence-corrected chi connectivity index (χ0v) is 13.3. The predicted molar refractivity (Wildman–Crippen MR) is 80.6 cm³/mol. The van der Waals surface area contributed by atoms with Gasteiger partial charge in [-0.1, -0.05) is 24.3 Å². The third-order valence-corrected chi connectivity index (χ3v) is 4.06. The van der Waals surface area contributed by atoms with Crippen LogP contribution in [0.3, 0.4) is 0 Å². The molecule has 1 nitrogen and oxygen atoms in total. The van der Waals surface area contributed by atoms with Crippen LogP contribution in [0.25, 0.3) is 0 Å². The van der Waals surface area contributed by atoms with Crippen LogP contribution in [-0.2, 0) is 12.7 Å². The number of benzene rings is 2. The van der Waals surface area contributed by atoms with Gasteiger partial charge in [-0.3, -0.25) is 0 Å². The van der Waals surface area contributed by atoms with Crippen LogP contribution in [0.15, 0.2) is 51.4 Å². The highest BCUT2D eigenvalue weighted by molar-refractivity contribution is 9.11. The molecule has 0 atom stereocenters. The highest BCUT2D eigenvalue weighted by Gasteiger charge is 2.32. The van der Waals surface area contributed by atoms with Crippen LogP contribution in [0.5, 0.6) is 0 Å². The molecule has 0 saturated heterocycles. The average molecular weight is 409 g/mol. The van der Waals surface area contributed by atoms with Crippen molar-refractivity contribution < 1.29 is 13.2 Å². The van der Waals surface area contributed by atoms with Gasteiger partial charge in [0, 0.05) is 15.5 Å². The van der Waals surface area contributed by atoms with E-state index in [1.54, 1.807) is 6.07 Å². The Labute approximate surface area is 131 Å². The first kappa shape index (κ1) is 15.4. The Morgan fingerprint density at radius 1 is 0.900 bits per heavy atom. The summed E-state index contributed by atoms with van der Waals surface area (Å²) in [6.07, 6.45) is -4.34. The molecule has 0 bridgehead atoms. The number of para-hydroxylation sites is 1. The number of alkyl halides is 3. The summed E-state index contributed by atoms with van der Waals surface area (Å²) in [7, 11) is 0. The normalized spacial score (nSPS) is 11.4. The minimum absolute atomic E-state index is 0.0941. The molecule has 0 aliphatic heterocycles. The second-order valence-electron chi connectivity index (χ2n) is 4.11. The van der Waals surface area contributed by atoms with Gasteiger partial charge in [0.2, 0.25) is 0 Å². The summed E-state index contributed by atoms with van der Waals surface area (Å²) in [4.78, 5) is 0. The van der Waals surface area contributed by atoms with E-state index in [1.165, 1.54) is 12.1 Å². The molecule has 0 aromatic heterocycles. The van der Waals surface area contributed by atoms with Gasteiger partial charge in [0.05, 0.1) is 11.3 Å². The molecule has 20 heavy (non-hydrogen) atoms. The maximum absolute atomic E-state index is 12.9. The van der Waals surface area contributed by atoms with E-state index >= 15 is 0 Å². The molecule has 0 unspecified atom stereocenters. The lowest BCUT2D eigenvalue weighted by molar-refractivity contribution is -0.138. The summed E-state index contributed by atoms with van der Waals surface area (Å²) < 4.78 is 40.2. The monoisotopic (exact) mass is 407 g/mol. The molecule has 0 aliphatic carbocycles. The summed E-state index contributed by atoms with van der Waals surface area (Å²) >= 11 is 6.73. The summed E-state index contributed by atoms with van der Waals surface area (Å²) in [5.41, 5.74) is 0.322. The minimum atomic E-state index is -4.34. The quantitative estimate of drug-likeness (QED) is 0.672. The molecule has 2 aromatic rings. The molecule has 0 heterocycles. The lowest BCUT2D eigenvalue weighted by Gasteiger charge is -2.15. The molecule has 6 heteroatoms. The van der Waals surface area contributed by atoms with Crippen LogP contribution >= 0.6 is 31.9 Å². The van der Waals surface area contributed by atoms with Crippen molar-refractivity contribution in [2.75, 3.05) is 5.32 Å². The molecule has 2 rings (SSSR count). The second-order valence-corrected chi connectivity index (χ2v) is 5.81. The van der Waals surface area contributed by atoms with Crippen molar-refractivity contribution in [2.45, 2.75) is 12.7 Å². The van der Waals surface area contributed by atoms with Crippen molar-refractivity contribution in [3.05, 3.63) is 62.5 Å². The molecule has 0 radical (unpaired) electrons. The van der Waals surface area contributed by atoms with Crippen LogP contribution in [0.1, 0.15) is 11.1 Å². The van der Waals surface area contributed by atoms with Gasteiger partial charge in [-0.05, 0) is 55.6 Å². The van der Waals surface area contributed by atoms with E-state index in [1.807, 2.05) is 18.2 Å². The van der Waals surface area contributed by atoms with E-state index in [2.05, 4.69) is 37.2 Å². The Kier molecular flexibility index (Phi) is 4.75. The van der Waals surface area contributed by atoms with Crippen molar-refractivity contribution in [3.63, 3.8) is 0 Å². The SMILES string of the molecule is FC(F)(F)c1ccccc1CNc1c(Br)cccc1Br. The molecule has 0 saturated carbocycles. The van der Waals surface area contributed by atoms with E-state index in [-0.39, 0.29) is 12.1 Å². The third-order valence-electron chi connectivity index (χ3n) is 2.74. The number of halogens is 5. The molecule has 106 valence electrons. The Morgan fingerprint density at radius 3 is 2.10 bits per heavy atom. The van der Waals surface area contributed by atoms with Crippen LogP contribution in [0.4, 0.5) is 18.9 Å². The van der Waals surface area contributed by atoms with Crippen molar-refractivity contribution in [1.29, 1.82) is 0 Å². The highest BCUT2D eigenvalue weighted by atomic mass is 79.9. The number of nitrogens with one attached hydrogen (secondary N) is 1.